The molecule has 5 heteroatoms. The number of fused-ring (bicyclic) bond motifs is 1. The van der Waals surface area contributed by atoms with Crippen LogP contribution >= 0.6 is 0 Å². The van der Waals surface area contributed by atoms with Crippen molar-refractivity contribution in [3.63, 3.8) is 0 Å². The van der Waals surface area contributed by atoms with Gasteiger partial charge in [-0.25, -0.2) is 4.98 Å². The Morgan fingerprint density at radius 2 is 2.00 bits per heavy atom. The molecule has 120 valence electrons. The maximum atomic E-state index is 12.9. The van der Waals surface area contributed by atoms with Gasteiger partial charge in [-0.15, -0.1) is 0 Å². The molecular formula is C19H18N4O. The molecule has 1 aliphatic heterocycles. The first-order chi connectivity index (χ1) is 11.7. The van der Waals surface area contributed by atoms with Gasteiger partial charge in [-0.3, -0.25) is 9.48 Å². The molecule has 0 fully saturated rings. The van der Waals surface area contributed by atoms with E-state index in [1.165, 1.54) is 5.56 Å². The highest BCUT2D eigenvalue weighted by Crippen LogP contribution is 2.29. The van der Waals surface area contributed by atoms with Gasteiger partial charge in [0.1, 0.15) is 5.69 Å². The molecule has 0 bridgehead atoms. The fourth-order valence-electron chi connectivity index (χ4n) is 3.25. The quantitative estimate of drug-likeness (QED) is 0.730. The van der Waals surface area contributed by atoms with Gasteiger partial charge in [0.2, 0.25) is 0 Å². The second-order valence-electron chi connectivity index (χ2n) is 6.05. The number of benzene rings is 1. The van der Waals surface area contributed by atoms with E-state index >= 15 is 0 Å². The molecule has 1 aliphatic rings. The molecule has 24 heavy (non-hydrogen) atoms. The predicted molar refractivity (Wildman–Crippen MR) is 90.5 cm³/mol. The number of rotatable bonds is 2. The van der Waals surface area contributed by atoms with Crippen LogP contribution in [0, 0.1) is 6.92 Å². The number of pyridine rings is 1. The number of aryl methyl sites for hydroxylation is 1. The summed E-state index contributed by atoms with van der Waals surface area (Å²) < 4.78 is 1.92. The Balaban J connectivity index is 1.70. The summed E-state index contributed by atoms with van der Waals surface area (Å²) in [7, 11) is 0. The third-order valence-electron chi connectivity index (χ3n) is 4.41. The molecule has 1 unspecified atom stereocenters. The van der Waals surface area contributed by atoms with E-state index in [4.69, 9.17) is 0 Å². The lowest BCUT2D eigenvalue weighted by atomic mass is 9.95. The molecule has 0 N–H and O–H groups in total. The van der Waals surface area contributed by atoms with Crippen LogP contribution in [0.2, 0.25) is 0 Å². The normalized spacial score (nSPS) is 16.7. The highest BCUT2D eigenvalue weighted by atomic mass is 16.2. The zero-order valence-corrected chi connectivity index (χ0v) is 13.5. The molecule has 0 saturated carbocycles. The lowest BCUT2D eigenvalue weighted by molar-refractivity contribution is 0.0700. The maximum absolute atomic E-state index is 12.9. The summed E-state index contributed by atoms with van der Waals surface area (Å²) >= 11 is 0. The van der Waals surface area contributed by atoms with E-state index in [9.17, 15) is 4.79 Å². The number of carbonyl (C=O) groups is 1. The lowest BCUT2D eigenvalue weighted by Crippen LogP contribution is -2.40. The van der Waals surface area contributed by atoms with Crippen LogP contribution in [0.3, 0.4) is 0 Å². The summed E-state index contributed by atoms with van der Waals surface area (Å²) in [4.78, 5) is 19.1. The number of carbonyl (C=O) groups excluding carboxylic acids is 1. The van der Waals surface area contributed by atoms with Crippen LogP contribution in [0.5, 0.6) is 0 Å². The Labute approximate surface area is 140 Å². The Morgan fingerprint density at radius 1 is 1.12 bits per heavy atom. The van der Waals surface area contributed by atoms with Crippen LogP contribution in [0.4, 0.5) is 0 Å². The third kappa shape index (κ3) is 2.58. The van der Waals surface area contributed by atoms with Crippen molar-refractivity contribution in [2.75, 3.05) is 6.54 Å². The van der Waals surface area contributed by atoms with Crippen molar-refractivity contribution in [2.24, 2.45) is 0 Å². The largest absolute Gasteiger partial charge is 0.330 e. The summed E-state index contributed by atoms with van der Waals surface area (Å²) in [5.41, 5.74) is 3.73. The Morgan fingerprint density at radius 3 is 2.79 bits per heavy atom. The highest BCUT2D eigenvalue weighted by Gasteiger charge is 2.30. The molecule has 0 saturated heterocycles. The van der Waals surface area contributed by atoms with Crippen LogP contribution in [-0.4, -0.2) is 32.1 Å². The van der Waals surface area contributed by atoms with Gasteiger partial charge >= 0.3 is 0 Å². The molecular weight excluding hydrogens is 300 g/mol. The average molecular weight is 318 g/mol. The Bertz CT molecular complexity index is 873. The smallest absolute Gasteiger partial charge is 0.272 e. The van der Waals surface area contributed by atoms with E-state index < -0.39 is 0 Å². The maximum Gasteiger partial charge on any atom is 0.272 e. The molecule has 0 spiro atoms. The molecule has 3 aromatic rings. The van der Waals surface area contributed by atoms with E-state index in [-0.39, 0.29) is 11.9 Å². The van der Waals surface area contributed by atoms with Crippen LogP contribution in [0.1, 0.15) is 33.4 Å². The first-order valence-corrected chi connectivity index (χ1v) is 8.02. The predicted octanol–water partition coefficient (Wildman–Crippen LogP) is 2.83. The Kier molecular flexibility index (Phi) is 3.61. The fraction of sp³-hybridized carbons (Fsp3) is 0.211. The van der Waals surface area contributed by atoms with Gasteiger partial charge in [0.15, 0.2) is 0 Å². The lowest BCUT2D eigenvalue weighted by Gasteiger charge is -2.34. The highest BCUT2D eigenvalue weighted by molar-refractivity contribution is 5.92. The molecule has 3 heterocycles. The third-order valence-corrected chi connectivity index (χ3v) is 4.41. The van der Waals surface area contributed by atoms with Gasteiger partial charge in [0.25, 0.3) is 5.91 Å². The number of hydrogen-bond acceptors (Lipinski definition) is 3. The van der Waals surface area contributed by atoms with Crippen molar-refractivity contribution in [1.29, 1.82) is 0 Å². The van der Waals surface area contributed by atoms with Gasteiger partial charge in [-0.2, -0.15) is 5.10 Å². The minimum Gasteiger partial charge on any atom is -0.330 e. The summed E-state index contributed by atoms with van der Waals surface area (Å²) in [5, 5.41) is 4.38. The molecule has 1 aromatic carbocycles. The fourth-order valence-corrected chi connectivity index (χ4v) is 3.25. The summed E-state index contributed by atoms with van der Waals surface area (Å²) in [6.45, 7) is 3.09. The van der Waals surface area contributed by atoms with Crippen LogP contribution in [0.15, 0.2) is 60.9 Å². The van der Waals surface area contributed by atoms with Crippen molar-refractivity contribution in [2.45, 2.75) is 19.5 Å². The van der Waals surface area contributed by atoms with Crippen molar-refractivity contribution in [1.82, 2.24) is 19.7 Å². The van der Waals surface area contributed by atoms with Crippen molar-refractivity contribution in [3.8, 4) is 0 Å². The molecule has 1 amide bonds. The Hall–Kier alpha value is -2.95. The standard InChI is InChI=1S/C19H18N4O/c1-14-6-4-9-17(21-14)19(24)22-12-15-7-2-3-8-16(15)18(13-22)23-11-5-10-20-23/h2-11,18H,12-13H2,1H3. The minimum absolute atomic E-state index is 0.0266. The first kappa shape index (κ1) is 14.6. The number of hydrogen-bond donors (Lipinski definition) is 0. The van der Waals surface area contributed by atoms with Crippen molar-refractivity contribution >= 4 is 5.91 Å². The van der Waals surface area contributed by atoms with Gasteiger partial charge in [-0.1, -0.05) is 30.3 Å². The summed E-state index contributed by atoms with van der Waals surface area (Å²) in [6.07, 6.45) is 3.71. The molecule has 1 atom stereocenters. The molecule has 0 radical (unpaired) electrons. The second-order valence-corrected chi connectivity index (χ2v) is 6.05. The van der Waals surface area contributed by atoms with Crippen LogP contribution < -0.4 is 0 Å². The summed E-state index contributed by atoms with van der Waals surface area (Å²) in [5.74, 6) is -0.0367. The molecule has 5 nitrogen and oxygen atoms in total. The second kappa shape index (κ2) is 5.92. The van der Waals surface area contributed by atoms with Gasteiger partial charge in [0.05, 0.1) is 6.04 Å². The summed E-state index contributed by atoms with van der Waals surface area (Å²) in [6, 6.07) is 15.7. The van der Waals surface area contributed by atoms with Crippen molar-refractivity contribution in [3.05, 3.63) is 83.4 Å². The number of nitrogens with zero attached hydrogens (tertiary/aromatic N) is 4. The molecule has 0 aliphatic carbocycles. The van der Waals surface area contributed by atoms with E-state index in [1.54, 1.807) is 12.3 Å². The molecule has 4 rings (SSSR count). The van der Waals surface area contributed by atoms with Gasteiger partial charge in [-0.05, 0) is 36.2 Å². The first-order valence-electron chi connectivity index (χ1n) is 8.02. The number of aromatic nitrogens is 3. The topological polar surface area (TPSA) is 51.0 Å². The minimum atomic E-state index is -0.0367. The van der Waals surface area contributed by atoms with Gasteiger partial charge < -0.3 is 4.90 Å². The van der Waals surface area contributed by atoms with Crippen LogP contribution in [0.25, 0.3) is 0 Å². The monoisotopic (exact) mass is 318 g/mol. The van der Waals surface area contributed by atoms with E-state index in [0.717, 1.165) is 11.3 Å². The average Bonchev–Trinajstić information content (AvgIpc) is 3.14. The SMILES string of the molecule is Cc1cccc(C(=O)N2Cc3ccccc3C(n3cccn3)C2)n1. The van der Waals surface area contributed by atoms with Crippen molar-refractivity contribution < 1.29 is 4.79 Å². The molecule has 2 aromatic heterocycles. The van der Waals surface area contributed by atoms with E-state index in [2.05, 4.69) is 22.2 Å². The van der Waals surface area contributed by atoms with E-state index in [0.29, 0.717) is 18.8 Å². The van der Waals surface area contributed by atoms with Crippen LogP contribution in [-0.2, 0) is 6.54 Å². The van der Waals surface area contributed by atoms with E-state index in [1.807, 2.05) is 53.0 Å². The van der Waals surface area contributed by atoms with Gasteiger partial charge in [0, 0.05) is 31.2 Å². The zero-order chi connectivity index (χ0) is 16.5. The number of amides is 1. The zero-order valence-electron chi connectivity index (χ0n) is 13.5.